The van der Waals surface area contributed by atoms with Crippen molar-refractivity contribution in [2.24, 2.45) is 0 Å². The molecule has 11 heteroatoms. The van der Waals surface area contributed by atoms with E-state index < -0.39 is 22.1 Å². The Labute approximate surface area is 208 Å². The summed E-state index contributed by atoms with van der Waals surface area (Å²) < 4.78 is 30.7. The van der Waals surface area contributed by atoms with Crippen LogP contribution in [0.3, 0.4) is 0 Å². The normalized spacial score (nSPS) is 12.2. The van der Waals surface area contributed by atoms with Gasteiger partial charge in [-0.1, -0.05) is 29.8 Å². The number of carbonyl (C=O) groups is 1. The van der Waals surface area contributed by atoms with Crippen LogP contribution in [0.5, 0.6) is 11.5 Å². The molecule has 35 heavy (non-hydrogen) atoms. The van der Waals surface area contributed by atoms with Crippen LogP contribution in [0.2, 0.25) is 5.02 Å². The predicted molar refractivity (Wildman–Crippen MR) is 134 cm³/mol. The van der Waals surface area contributed by atoms with Crippen molar-refractivity contribution in [1.29, 1.82) is 0 Å². The third-order valence-electron chi connectivity index (χ3n) is 4.97. The van der Waals surface area contributed by atoms with Crippen LogP contribution in [0.15, 0.2) is 60.7 Å². The van der Waals surface area contributed by atoms with Crippen molar-refractivity contribution in [2.45, 2.75) is 6.10 Å². The molecule has 0 aliphatic rings. The monoisotopic (exact) mass is 520 g/mol. The second kappa shape index (κ2) is 11.4. The average Bonchev–Trinajstić information content (AvgIpc) is 2.79. The smallest absolute Gasteiger partial charge is 0.335 e. The lowest BCUT2D eigenvalue weighted by molar-refractivity contribution is 0.0697. The summed E-state index contributed by atoms with van der Waals surface area (Å²) in [4.78, 5) is 11.0. The molecule has 0 heterocycles. The topological polar surface area (TPSA) is 145 Å². The maximum atomic E-state index is 11.4. The number of hydrogen-bond acceptors (Lipinski definition) is 7. The van der Waals surface area contributed by atoms with Crippen LogP contribution in [0, 0.1) is 0 Å². The number of aliphatic hydroxyl groups is 1. The lowest BCUT2D eigenvalue weighted by Gasteiger charge is -2.15. The Morgan fingerprint density at radius 2 is 1.80 bits per heavy atom. The van der Waals surface area contributed by atoms with Crippen molar-refractivity contribution in [3.05, 3.63) is 76.8 Å². The Balaban J connectivity index is 1.49. The highest BCUT2D eigenvalue weighted by Gasteiger charge is 2.13. The third-order valence-corrected chi connectivity index (χ3v) is 5.87. The van der Waals surface area contributed by atoms with Crippen molar-refractivity contribution in [3.63, 3.8) is 0 Å². The molecular weight excluding hydrogens is 496 g/mol. The summed E-state index contributed by atoms with van der Waals surface area (Å²) in [6.45, 7) is 0.893. The molecular formula is C24H25ClN2O7S. The van der Waals surface area contributed by atoms with Crippen LogP contribution in [0.4, 0.5) is 5.69 Å². The van der Waals surface area contributed by atoms with Gasteiger partial charge in [-0.05, 0) is 53.6 Å². The van der Waals surface area contributed by atoms with Gasteiger partial charge in [0.15, 0.2) is 0 Å². The largest absolute Gasteiger partial charge is 0.506 e. The van der Waals surface area contributed by atoms with Gasteiger partial charge in [-0.2, -0.15) is 0 Å². The molecule has 5 N–H and O–H groups in total. The number of phenolic OH excluding ortho intramolecular Hbond substituents is 1. The van der Waals surface area contributed by atoms with E-state index in [1.54, 1.807) is 30.3 Å². The van der Waals surface area contributed by atoms with Gasteiger partial charge < -0.3 is 25.4 Å². The zero-order chi connectivity index (χ0) is 25.6. The summed E-state index contributed by atoms with van der Waals surface area (Å²) in [7, 11) is -3.57. The van der Waals surface area contributed by atoms with Crippen LogP contribution in [0.1, 0.15) is 22.0 Å². The summed E-state index contributed by atoms with van der Waals surface area (Å²) in [5.41, 5.74) is 2.15. The molecule has 3 aromatic carbocycles. The summed E-state index contributed by atoms with van der Waals surface area (Å²) in [5, 5.41) is 32.7. The molecule has 0 aliphatic carbocycles. The Kier molecular flexibility index (Phi) is 8.57. The number of sulfonamides is 1. The minimum atomic E-state index is -3.57. The van der Waals surface area contributed by atoms with Crippen LogP contribution in [-0.4, -0.2) is 55.7 Å². The van der Waals surface area contributed by atoms with Crippen molar-refractivity contribution >= 4 is 33.3 Å². The van der Waals surface area contributed by atoms with Gasteiger partial charge >= 0.3 is 5.97 Å². The molecule has 186 valence electrons. The molecule has 0 fully saturated rings. The number of aliphatic hydroxyl groups excluding tert-OH is 1. The molecule has 0 saturated carbocycles. The van der Waals surface area contributed by atoms with Gasteiger partial charge in [-0.25, -0.2) is 13.2 Å². The summed E-state index contributed by atoms with van der Waals surface area (Å²) in [6.07, 6.45) is 0.0352. The van der Waals surface area contributed by atoms with E-state index >= 15 is 0 Å². The van der Waals surface area contributed by atoms with Gasteiger partial charge in [0.1, 0.15) is 18.1 Å². The first kappa shape index (κ1) is 26.3. The second-order valence-electron chi connectivity index (χ2n) is 7.74. The van der Waals surface area contributed by atoms with Crippen molar-refractivity contribution in [2.75, 3.05) is 30.7 Å². The number of ether oxygens (including phenoxy) is 1. The molecule has 1 atom stereocenters. The summed E-state index contributed by atoms with van der Waals surface area (Å²) in [5.74, 6) is -0.683. The third kappa shape index (κ3) is 7.59. The van der Waals surface area contributed by atoms with E-state index in [1.165, 1.54) is 30.3 Å². The molecule has 0 saturated heterocycles. The van der Waals surface area contributed by atoms with Crippen LogP contribution >= 0.6 is 11.6 Å². The van der Waals surface area contributed by atoms with Gasteiger partial charge in [0.2, 0.25) is 10.0 Å². The molecule has 0 aliphatic heterocycles. The van der Waals surface area contributed by atoms with Crippen LogP contribution < -0.4 is 14.8 Å². The van der Waals surface area contributed by atoms with Gasteiger partial charge in [-0.3, -0.25) is 4.72 Å². The molecule has 0 amide bonds. The lowest BCUT2D eigenvalue weighted by atomic mass is 10.0. The van der Waals surface area contributed by atoms with Gasteiger partial charge in [-0.15, -0.1) is 0 Å². The highest BCUT2D eigenvalue weighted by atomic mass is 35.5. The second-order valence-corrected chi connectivity index (χ2v) is 9.90. The zero-order valence-corrected chi connectivity index (χ0v) is 20.3. The fourth-order valence-corrected chi connectivity index (χ4v) is 4.09. The first-order chi connectivity index (χ1) is 16.5. The lowest BCUT2D eigenvalue weighted by Crippen LogP contribution is -2.26. The van der Waals surface area contributed by atoms with E-state index in [2.05, 4.69) is 10.0 Å². The Hall–Kier alpha value is -3.31. The maximum Gasteiger partial charge on any atom is 0.335 e. The maximum absolute atomic E-state index is 11.4. The Bertz CT molecular complexity index is 1300. The number of halogens is 1. The molecule has 9 nitrogen and oxygen atoms in total. The minimum absolute atomic E-state index is 0.00876. The highest BCUT2D eigenvalue weighted by Crippen LogP contribution is 2.31. The number of phenols is 1. The van der Waals surface area contributed by atoms with Crippen molar-refractivity contribution in [1.82, 2.24) is 5.32 Å². The molecule has 0 bridgehead atoms. The zero-order valence-electron chi connectivity index (χ0n) is 18.7. The molecule has 3 aromatic rings. The number of nitrogens with one attached hydrogen (secondary N) is 2. The molecule has 0 aromatic heterocycles. The molecule has 3 rings (SSSR count). The first-order valence-corrected chi connectivity index (χ1v) is 12.8. The first-order valence-electron chi connectivity index (χ1n) is 10.5. The number of benzene rings is 3. The fourth-order valence-electron chi connectivity index (χ4n) is 3.25. The Morgan fingerprint density at radius 1 is 1.09 bits per heavy atom. The van der Waals surface area contributed by atoms with E-state index in [-0.39, 0.29) is 23.5 Å². The Morgan fingerprint density at radius 3 is 2.43 bits per heavy atom. The number of aromatic carboxylic acids is 1. The number of carboxylic acid groups (broad SMARTS) is 1. The van der Waals surface area contributed by atoms with E-state index in [9.17, 15) is 23.4 Å². The molecule has 0 unspecified atom stereocenters. The van der Waals surface area contributed by atoms with Crippen LogP contribution in [0.25, 0.3) is 11.1 Å². The van der Waals surface area contributed by atoms with Gasteiger partial charge in [0.05, 0.1) is 28.6 Å². The summed E-state index contributed by atoms with van der Waals surface area (Å²) >= 11 is 6.37. The number of anilines is 1. The van der Waals surface area contributed by atoms with Crippen molar-refractivity contribution in [3.8, 4) is 22.6 Å². The molecule has 0 radical (unpaired) electrons. The van der Waals surface area contributed by atoms with E-state index in [0.29, 0.717) is 29.5 Å². The van der Waals surface area contributed by atoms with E-state index in [4.69, 9.17) is 21.4 Å². The number of rotatable bonds is 11. The number of hydrogen-bond donors (Lipinski definition) is 5. The quantitative estimate of drug-likeness (QED) is 0.191. The SMILES string of the molecule is CS(=O)(=O)Nc1cc([C@H](O)CNCCOc2ccc(-c3ccc(C(=O)O)cc3)c(Cl)c2)ccc1O. The van der Waals surface area contributed by atoms with E-state index in [0.717, 1.165) is 17.4 Å². The number of aromatic hydroxyl groups is 1. The fraction of sp³-hybridized carbons (Fsp3) is 0.208. The summed E-state index contributed by atoms with van der Waals surface area (Å²) in [6, 6.07) is 15.8. The average molecular weight is 521 g/mol. The minimum Gasteiger partial charge on any atom is -0.506 e. The van der Waals surface area contributed by atoms with Crippen molar-refractivity contribution < 1.29 is 33.3 Å². The molecule has 0 spiro atoms. The van der Waals surface area contributed by atoms with Crippen LogP contribution in [-0.2, 0) is 10.0 Å². The van der Waals surface area contributed by atoms with Gasteiger partial charge in [0, 0.05) is 18.7 Å². The standard InChI is InChI=1S/C24H25ClN2O7S/c1-35(32,33)27-21-12-17(6-9-22(21)28)23(29)14-26-10-11-34-18-7-8-19(20(25)13-18)15-2-4-16(5-3-15)24(30)31/h2-9,12-13,23,26-29H,10-11,14H2,1H3,(H,30,31)/t23-/m1/s1. The number of carboxylic acids is 1. The highest BCUT2D eigenvalue weighted by molar-refractivity contribution is 7.92. The van der Waals surface area contributed by atoms with Gasteiger partial charge in [0.25, 0.3) is 0 Å². The predicted octanol–water partition coefficient (Wildman–Crippen LogP) is 3.48. The van der Waals surface area contributed by atoms with E-state index in [1.807, 2.05) is 0 Å².